The second-order valence-corrected chi connectivity index (χ2v) is 3.07. The summed E-state index contributed by atoms with van der Waals surface area (Å²) in [4.78, 5) is 0. The third kappa shape index (κ3) is 2.33. The lowest BCUT2D eigenvalue weighted by atomic mass is 10.1. The normalized spacial score (nSPS) is 13.6. The molecule has 0 nitrogen and oxygen atoms in total. The van der Waals surface area contributed by atoms with Crippen molar-refractivity contribution in [1.82, 2.24) is 0 Å². The monoisotopic (exact) mass is 179 g/mol. The van der Waals surface area contributed by atoms with E-state index in [1.165, 1.54) is 5.57 Å². The lowest BCUT2D eigenvalue weighted by Crippen LogP contribution is -1.81. The summed E-state index contributed by atoms with van der Waals surface area (Å²) >= 11 is 0. The Morgan fingerprint density at radius 1 is 1.00 bits per heavy atom. The highest BCUT2D eigenvalue weighted by molar-refractivity contribution is 5.42. The summed E-state index contributed by atoms with van der Waals surface area (Å²) in [5.74, 6) is 0. The fourth-order valence-corrected chi connectivity index (χ4v) is 1.25. The van der Waals surface area contributed by atoms with Crippen molar-refractivity contribution in [2.45, 2.75) is 0 Å². The smallest absolute Gasteiger partial charge is 0.0807 e. The average Bonchev–Trinajstić information content (AvgIpc) is 2.29. The molecule has 0 saturated carbocycles. The molecule has 1 radical (unpaired) electrons. The van der Waals surface area contributed by atoms with Gasteiger partial charge in [0.15, 0.2) is 0 Å². The molecule has 0 heterocycles. The SMILES string of the molecule is [C-](C=C1C=C[CH-]C=C1)c1ccccc1. The zero-order chi connectivity index (χ0) is 9.64. The van der Waals surface area contributed by atoms with Gasteiger partial charge < -0.3 is 0 Å². The lowest BCUT2D eigenvalue weighted by molar-refractivity contribution is 1.48. The van der Waals surface area contributed by atoms with Crippen LogP contribution in [0.5, 0.6) is 0 Å². The van der Waals surface area contributed by atoms with E-state index in [0.29, 0.717) is 0 Å². The summed E-state index contributed by atoms with van der Waals surface area (Å²) in [6, 6.07) is 10.1. The van der Waals surface area contributed by atoms with Gasteiger partial charge in [0.1, 0.15) is 0 Å². The van der Waals surface area contributed by atoms with Gasteiger partial charge in [0.05, 0.1) is 0 Å². The summed E-state index contributed by atoms with van der Waals surface area (Å²) < 4.78 is 0. The second-order valence-electron chi connectivity index (χ2n) is 3.07. The van der Waals surface area contributed by atoms with Crippen LogP contribution < -0.4 is 0 Å². The molecular weight excluding hydrogens is 168 g/mol. The Bertz CT molecular complexity index is 352. The first kappa shape index (κ1) is 8.76. The number of hydrogen-bond acceptors (Lipinski definition) is 0. The maximum Gasteiger partial charge on any atom is -0.0807 e. The molecule has 0 heteroatoms. The van der Waals surface area contributed by atoms with Crippen molar-refractivity contribution in [2.24, 2.45) is 0 Å². The van der Waals surface area contributed by atoms with Crippen LogP contribution in [0, 0.1) is 12.8 Å². The standard InChI is InChI=1S/C14H11/c1-3-7-13(8-4-1)11-12-14-9-5-2-6-10-14/h1-11H/q-2. The second kappa shape index (κ2) is 4.43. The van der Waals surface area contributed by atoms with Gasteiger partial charge in [0, 0.05) is 0 Å². The van der Waals surface area contributed by atoms with Gasteiger partial charge in [-0.1, -0.05) is 6.07 Å². The minimum absolute atomic E-state index is 1.11. The molecule has 0 fully saturated rings. The van der Waals surface area contributed by atoms with E-state index in [2.05, 4.69) is 18.6 Å². The zero-order valence-electron chi connectivity index (χ0n) is 7.85. The largest absolute Gasteiger partial charge is 0.208 e. The third-order valence-electron chi connectivity index (χ3n) is 1.98. The van der Waals surface area contributed by atoms with Crippen molar-refractivity contribution in [3.63, 3.8) is 0 Å². The highest BCUT2D eigenvalue weighted by Crippen LogP contribution is 2.10. The predicted octanol–water partition coefficient (Wildman–Crippen LogP) is 3.37. The molecule has 0 bridgehead atoms. The van der Waals surface area contributed by atoms with E-state index in [1.54, 1.807) is 0 Å². The molecule has 0 spiro atoms. The van der Waals surface area contributed by atoms with Gasteiger partial charge in [-0.05, 0) is 0 Å². The van der Waals surface area contributed by atoms with Gasteiger partial charge >= 0.3 is 0 Å². The zero-order valence-corrected chi connectivity index (χ0v) is 7.85. The molecule has 2 rings (SSSR count). The number of benzene rings is 1. The van der Waals surface area contributed by atoms with E-state index >= 15 is 0 Å². The summed E-state index contributed by atoms with van der Waals surface area (Å²) in [6.45, 7) is 0. The van der Waals surface area contributed by atoms with Crippen LogP contribution in [0.25, 0.3) is 0 Å². The van der Waals surface area contributed by atoms with Gasteiger partial charge in [0.2, 0.25) is 0 Å². The summed E-state index contributed by atoms with van der Waals surface area (Å²) in [5.41, 5.74) is 2.28. The first-order valence-electron chi connectivity index (χ1n) is 4.65. The van der Waals surface area contributed by atoms with Crippen molar-refractivity contribution in [1.29, 1.82) is 0 Å². The molecule has 0 N–H and O–H groups in total. The molecular formula is C14H11-2. The van der Waals surface area contributed by atoms with E-state index in [4.69, 9.17) is 0 Å². The van der Waals surface area contributed by atoms with Crippen molar-refractivity contribution >= 4 is 0 Å². The van der Waals surface area contributed by atoms with Crippen LogP contribution in [-0.2, 0) is 0 Å². The van der Waals surface area contributed by atoms with Gasteiger partial charge in [0.25, 0.3) is 0 Å². The Kier molecular flexibility index (Phi) is 2.77. The van der Waals surface area contributed by atoms with Gasteiger partial charge in [-0.15, -0.1) is 36.2 Å². The maximum atomic E-state index is 3.24. The van der Waals surface area contributed by atoms with Crippen LogP contribution in [0.1, 0.15) is 5.56 Å². The van der Waals surface area contributed by atoms with E-state index in [1.807, 2.05) is 55.0 Å². The Morgan fingerprint density at radius 2 is 1.71 bits per heavy atom. The fraction of sp³-hybridized carbons (Fsp3) is 0. The first-order valence-corrected chi connectivity index (χ1v) is 4.65. The Hall–Kier alpha value is -1.82. The van der Waals surface area contributed by atoms with E-state index < -0.39 is 0 Å². The van der Waals surface area contributed by atoms with Gasteiger partial charge in [-0.25, -0.2) is 17.7 Å². The van der Waals surface area contributed by atoms with Gasteiger partial charge in [-0.3, -0.25) is 0 Å². The van der Waals surface area contributed by atoms with Crippen LogP contribution in [0.4, 0.5) is 0 Å². The van der Waals surface area contributed by atoms with E-state index in [0.717, 1.165) is 5.56 Å². The van der Waals surface area contributed by atoms with E-state index in [-0.39, 0.29) is 0 Å². The molecule has 1 aliphatic rings. The van der Waals surface area contributed by atoms with Crippen molar-refractivity contribution < 1.29 is 0 Å². The molecule has 0 atom stereocenters. The summed E-state index contributed by atoms with van der Waals surface area (Å²) in [6.07, 6.45) is 15.4. The Balaban J connectivity index is 2.03. The molecule has 0 aliphatic heterocycles. The maximum absolute atomic E-state index is 3.24. The molecule has 0 saturated heterocycles. The number of hydrogen-bond donors (Lipinski definition) is 0. The molecule has 69 valence electrons. The van der Waals surface area contributed by atoms with Crippen LogP contribution in [0.2, 0.25) is 0 Å². The van der Waals surface area contributed by atoms with Crippen LogP contribution in [-0.4, -0.2) is 0 Å². The molecule has 1 aromatic carbocycles. The Labute approximate surface area is 85.3 Å². The van der Waals surface area contributed by atoms with E-state index in [9.17, 15) is 0 Å². The van der Waals surface area contributed by atoms with Crippen LogP contribution in [0.3, 0.4) is 0 Å². The summed E-state index contributed by atoms with van der Waals surface area (Å²) in [7, 11) is 0. The number of rotatable bonds is 2. The Morgan fingerprint density at radius 3 is 2.43 bits per heavy atom. The predicted molar refractivity (Wildman–Crippen MR) is 59.5 cm³/mol. The highest BCUT2D eigenvalue weighted by Gasteiger charge is 1.79. The highest BCUT2D eigenvalue weighted by atomic mass is 14.0. The third-order valence-corrected chi connectivity index (χ3v) is 1.98. The average molecular weight is 179 g/mol. The van der Waals surface area contributed by atoms with Crippen LogP contribution in [0.15, 0.2) is 66.3 Å². The lowest BCUT2D eigenvalue weighted by Gasteiger charge is -2.13. The molecule has 1 aliphatic carbocycles. The molecule has 0 amide bonds. The fourth-order valence-electron chi connectivity index (χ4n) is 1.25. The van der Waals surface area contributed by atoms with Crippen LogP contribution >= 0.6 is 0 Å². The van der Waals surface area contributed by atoms with Crippen molar-refractivity contribution in [3.05, 3.63) is 84.7 Å². The number of allylic oxidation sites excluding steroid dienone is 6. The van der Waals surface area contributed by atoms with Gasteiger partial charge in [-0.2, -0.15) is 24.6 Å². The minimum atomic E-state index is 1.11. The molecule has 1 aromatic rings. The molecule has 14 heavy (non-hydrogen) atoms. The molecule has 0 aromatic heterocycles. The van der Waals surface area contributed by atoms with Crippen molar-refractivity contribution in [3.8, 4) is 0 Å². The summed E-state index contributed by atoms with van der Waals surface area (Å²) in [5, 5.41) is 0. The molecule has 0 unspecified atom stereocenters. The quantitative estimate of drug-likeness (QED) is 0.610. The van der Waals surface area contributed by atoms with Crippen molar-refractivity contribution in [2.75, 3.05) is 0 Å². The topological polar surface area (TPSA) is 0 Å². The first-order chi connectivity index (χ1) is 6.95. The minimum Gasteiger partial charge on any atom is -0.208 e.